The van der Waals surface area contributed by atoms with Gasteiger partial charge in [0.05, 0.1) is 6.04 Å². The van der Waals surface area contributed by atoms with E-state index >= 15 is 0 Å². The molecular formula is C14H20N4O2. The number of hydrogen-bond donors (Lipinski definition) is 3. The minimum absolute atomic E-state index is 0.0551. The van der Waals surface area contributed by atoms with Gasteiger partial charge in [0.2, 0.25) is 5.91 Å². The highest BCUT2D eigenvalue weighted by molar-refractivity contribution is 5.95. The van der Waals surface area contributed by atoms with E-state index in [0.29, 0.717) is 18.7 Å². The number of hydrogen-bond acceptors (Lipinski definition) is 4. The Balaban J connectivity index is 2.20. The van der Waals surface area contributed by atoms with E-state index in [1.165, 1.54) is 0 Å². The lowest BCUT2D eigenvalue weighted by Gasteiger charge is -2.34. The van der Waals surface area contributed by atoms with Crippen molar-refractivity contribution >= 4 is 11.8 Å². The topological polar surface area (TPSA) is 87.5 Å². The first-order valence-electron chi connectivity index (χ1n) is 6.78. The quantitative estimate of drug-likeness (QED) is 0.410. The number of carbonyl (C=O) groups excluding carboxylic acids is 2. The van der Waals surface area contributed by atoms with Gasteiger partial charge < -0.3 is 5.32 Å². The van der Waals surface area contributed by atoms with Gasteiger partial charge in [-0.1, -0.05) is 25.1 Å². The van der Waals surface area contributed by atoms with Gasteiger partial charge >= 0.3 is 0 Å². The Labute approximate surface area is 118 Å². The van der Waals surface area contributed by atoms with E-state index in [0.717, 1.165) is 18.5 Å². The standard InChI is InChI=1S/C14H20N4O2/c1-2-12-14(20)16-7-8-18(12)9-10-5-3-4-6-11(10)13(19)17-15/h3-6,12H,2,7-9,15H2,1H3,(H,16,20)(H,17,19). The van der Waals surface area contributed by atoms with Crippen LogP contribution in [-0.2, 0) is 11.3 Å². The molecule has 1 aliphatic rings. The molecule has 1 saturated heterocycles. The summed E-state index contributed by atoms with van der Waals surface area (Å²) in [5.41, 5.74) is 3.59. The number of nitrogens with zero attached hydrogens (tertiary/aromatic N) is 1. The minimum atomic E-state index is -0.310. The largest absolute Gasteiger partial charge is 0.353 e. The molecule has 1 heterocycles. The molecule has 6 nitrogen and oxygen atoms in total. The van der Waals surface area contributed by atoms with Gasteiger partial charge in [-0.05, 0) is 18.1 Å². The van der Waals surface area contributed by atoms with Gasteiger partial charge in [-0.25, -0.2) is 5.84 Å². The van der Waals surface area contributed by atoms with Crippen LogP contribution < -0.4 is 16.6 Å². The maximum atomic E-state index is 11.8. The van der Waals surface area contributed by atoms with E-state index in [1.807, 2.05) is 19.1 Å². The van der Waals surface area contributed by atoms with Gasteiger partial charge in [0, 0.05) is 25.2 Å². The van der Waals surface area contributed by atoms with Gasteiger partial charge in [0.25, 0.3) is 5.91 Å². The molecule has 4 N–H and O–H groups in total. The number of amides is 2. The summed E-state index contributed by atoms with van der Waals surface area (Å²) in [7, 11) is 0. The zero-order valence-corrected chi connectivity index (χ0v) is 11.6. The Bertz CT molecular complexity index is 504. The molecule has 1 unspecified atom stereocenters. The molecule has 0 saturated carbocycles. The molecule has 6 heteroatoms. The van der Waals surface area contributed by atoms with Crippen LogP contribution in [0.15, 0.2) is 24.3 Å². The fraction of sp³-hybridized carbons (Fsp3) is 0.429. The summed E-state index contributed by atoms with van der Waals surface area (Å²) in [4.78, 5) is 25.7. The highest BCUT2D eigenvalue weighted by Gasteiger charge is 2.28. The zero-order valence-electron chi connectivity index (χ0n) is 11.6. The molecule has 1 aliphatic heterocycles. The van der Waals surface area contributed by atoms with E-state index in [4.69, 9.17) is 5.84 Å². The second-order valence-electron chi connectivity index (χ2n) is 4.82. The normalized spacial score (nSPS) is 19.5. The Morgan fingerprint density at radius 2 is 2.25 bits per heavy atom. The van der Waals surface area contributed by atoms with Crippen LogP contribution in [0.3, 0.4) is 0 Å². The maximum absolute atomic E-state index is 11.8. The first-order chi connectivity index (χ1) is 9.67. The molecule has 1 atom stereocenters. The predicted octanol–water partition coefficient (Wildman–Crippen LogP) is 0.000500. The summed E-state index contributed by atoms with van der Waals surface area (Å²) in [6.07, 6.45) is 0.747. The number of nitrogens with two attached hydrogens (primary N) is 1. The van der Waals surface area contributed by atoms with Crippen LogP contribution >= 0.6 is 0 Å². The molecule has 0 aromatic heterocycles. The Kier molecular flexibility index (Phi) is 4.70. The third-order valence-corrected chi connectivity index (χ3v) is 3.59. The van der Waals surface area contributed by atoms with Gasteiger partial charge in [-0.3, -0.25) is 19.9 Å². The number of piperazine rings is 1. The predicted molar refractivity (Wildman–Crippen MR) is 75.6 cm³/mol. The number of benzene rings is 1. The highest BCUT2D eigenvalue weighted by atomic mass is 16.2. The van der Waals surface area contributed by atoms with Crippen LogP contribution in [0.5, 0.6) is 0 Å². The highest BCUT2D eigenvalue weighted by Crippen LogP contribution is 2.16. The number of hydrazine groups is 1. The average molecular weight is 276 g/mol. The monoisotopic (exact) mass is 276 g/mol. The van der Waals surface area contributed by atoms with Crippen LogP contribution in [0.2, 0.25) is 0 Å². The fourth-order valence-electron chi connectivity index (χ4n) is 2.57. The van der Waals surface area contributed by atoms with Crippen molar-refractivity contribution in [2.45, 2.75) is 25.9 Å². The summed E-state index contributed by atoms with van der Waals surface area (Å²) in [5.74, 6) is 4.95. The molecule has 2 rings (SSSR count). The fourth-order valence-corrected chi connectivity index (χ4v) is 2.57. The lowest BCUT2D eigenvalue weighted by atomic mass is 10.0. The maximum Gasteiger partial charge on any atom is 0.265 e. The van der Waals surface area contributed by atoms with Crippen LogP contribution in [0.4, 0.5) is 0 Å². The first kappa shape index (κ1) is 14.5. The molecule has 1 aromatic carbocycles. The Morgan fingerprint density at radius 1 is 1.50 bits per heavy atom. The Hall–Kier alpha value is -1.92. The summed E-state index contributed by atoms with van der Waals surface area (Å²) in [6, 6.07) is 7.17. The van der Waals surface area contributed by atoms with Crippen molar-refractivity contribution in [2.75, 3.05) is 13.1 Å². The molecule has 2 amide bonds. The Morgan fingerprint density at radius 3 is 2.95 bits per heavy atom. The number of rotatable bonds is 4. The van der Waals surface area contributed by atoms with Gasteiger partial charge in [-0.15, -0.1) is 0 Å². The molecule has 0 spiro atoms. The summed E-state index contributed by atoms with van der Waals surface area (Å²) in [6.45, 7) is 3.97. The third-order valence-electron chi connectivity index (χ3n) is 3.59. The van der Waals surface area contributed by atoms with Gasteiger partial charge in [0.15, 0.2) is 0 Å². The van der Waals surface area contributed by atoms with Crippen molar-refractivity contribution in [3.63, 3.8) is 0 Å². The summed E-state index contributed by atoms with van der Waals surface area (Å²) >= 11 is 0. The smallest absolute Gasteiger partial charge is 0.265 e. The summed E-state index contributed by atoms with van der Waals surface area (Å²) < 4.78 is 0. The third kappa shape index (κ3) is 2.97. The van der Waals surface area contributed by atoms with E-state index in [-0.39, 0.29) is 17.9 Å². The lowest BCUT2D eigenvalue weighted by Crippen LogP contribution is -2.54. The lowest BCUT2D eigenvalue weighted by molar-refractivity contribution is -0.129. The van der Waals surface area contributed by atoms with Crippen molar-refractivity contribution in [1.29, 1.82) is 0 Å². The minimum Gasteiger partial charge on any atom is -0.353 e. The van der Waals surface area contributed by atoms with Crippen molar-refractivity contribution in [2.24, 2.45) is 5.84 Å². The number of carbonyl (C=O) groups is 2. The second kappa shape index (κ2) is 6.49. The van der Waals surface area contributed by atoms with Gasteiger partial charge in [0.1, 0.15) is 0 Å². The van der Waals surface area contributed by atoms with E-state index in [9.17, 15) is 9.59 Å². The molecule has 0 aliphatic carbocycles. The molecule has 1 aromatic rings. The van der Waals surface area contributed by atoms with Crippen molar-refractivity contribution < 1.29 is 9.59 Å². The average Bonchev–Trinajstić information content (AvgIpc) is 2.47. The van der Waals surface area contributed by atoms with Crippen LogP contribution in [0.1, 0.15) is 29.3 Å². The van der Waals surface area contributed by atoms with Crippen LogP contribution in [0, 0.1) is 0 Å². The molecular weight excluding hydrogens is 256 g/mol. The molecule has 20 heavy (non-hydrogen) atoms. The number of nitrogen functional groups attached to an aromatic ring is 1. The van der Waals surface area contributed by atoms with Crippen LogP contribution in [-0.4, -0.2) is 35.8 Å². The SMILES string of the molecule is CCC1C(=O)NCCN1Cc1ccccc1C(=O)NN. The van der Waals surface area contributed by atoms with Crippen molar-refractivity contribution in [3.8, 4) is 0 Å². The van der Waals surface area contributed by atoms with Gasteiger partial charge in [-0.2, -0.15) is 0 Å². The second-order valence-corrected chi connectivity index (χ2v) is 4.82. The van der Waals surface area contributed by atoms with Crippen LogP contribution in [0.25, 0.3) is 0 Å². The molecule has 1 fully saturated rings. The summed E-state index contributed by atoms with van der Waals surface area (Å²) in [5, 5.41) is 2.87. The molecule has 108 valence electrons. The zero-order chi connectivity index (χ0) is 14.5. The van der Waals surface area contributed by atoms with Crippen molar-refractivity contribution in [3.05, 3.63) is 35.4 Å². The number of nitrogens with one attached hydrogen (secondary N) is 2. The van der Waals surface area contributed by atoms with E-state index in [2.05, 4.69) is 15.6 Å². The molecule has 0 radical (unpaired) electrons. The van der Waals surface area contributed by atoms with E-state index < -0.39 is 0 Å². The van der Waals surface area contributed by atoms with Crippen molar-refractivity contribution in [1.82, 2.24) is 15.6 Å². The first-order valence-corrected chi connectivity index (χ1v) is 6.78. The van der Waals surface area contributed by atoms with E-state index in [1.54, 1.807) is 12.1 Å². The molecule has 0 bridgehead atoms.